The Labute approximate surface area is 121 Å². The van der Waals surface area contributed by atoms with E-state index in [0.717, 1.165) is 37.3 Å². The number of benzene rings is 1. The number of nitrogens with two attached hydrogens (primary N) is 1. The Bertz CT molecular complexity index is 561. The van der Waals surface area contributed by atoms with E-state index in [9.17, 15) is 0 Å². The number of hydrogen-bond donors (Lipinski definition) is 1. The summed E-state index contributed by atoms with van der Waals surface area (Å²) in [5.41, 5.74) is 9.63. The number of aromatic nitrogens is 1. The van der Waals surface area contributed by atoms with Crippen LogP contribution in [0.1, 0.15) is 37.6 Å². The van der Waals surface area contributed by atoms with Crippen molar-refractivity contribution in [2.75, 3.05) is 19.6 Å². The van der Waals surface area contributed by atoms with Crippen LogP contribution in [-0.4, -0.2) is 29.5 Å². The predicted molar refractivity (Wildman–Crippen MR) is 85.8 cm³/mol. The lowest BCUT2D eigenvalue weighted by Crippen LogP contribution is -2.27. The van der Waals surface area contributed by atoms with E-state index in [1.165, 1.54) is 10.9 Å². The van der Waals surface area contributed by atoms with Crippen molar-refractivity contribution in [3.63, 3.8) is 0 Å². The van der Waals surface area contributed by atoms with Crippen molar-refractivity contribution in [1.29, 1.82) is 0 Å². The van der Waals surface area contributed by atoms with E-state index in [-0.39, 0.29) is 6.04 Å². The molecule has 0 saturated carbocycles. The summed E-state index contributed by atoms with van der Waals surface area (Å²) in [6.07, 6.45) is 0.993. The SMILES string of the molecule is CCN(CC)CCC(N)c1ccc2nc(C)ccc2c1. The lowest BCUT2D eigenvalue weighted by Gasteiger charge is -2.20. The molecule has 0 saturated heterocycles. The van der Waals surface area contributed by atoms with Gasteiger partial charge in [0.2, 0.25) is 0 Å². The van der Waals surface area contributed by atoms with Gasteiger partial charge in [-0.2, -0.15) is 0 Å². The second kappa shape index (κ2) is 6.82. The van der Waals surface area contributed by atoms with Gasteiger partial charge in [0.05, 0.1) is 5.52 Å². The second-order valence-electron chi connectivity index (χ2n) is 5.33. The number of aryl methyl sites for hydroxylation is 1. The van der Waals surface area contributed by atoms with Crippen molar-refractivity contribution in [2.24, 2.45) is 5.73 Å². The smallest absolute Gasteiger partial charge is 0.0705 e. The van der Waals surface area contributed by atoms with Gasteiger partial charge in [0, 0.05) is 17.1 Å². The van der Waals surface area contributed by atoms with E-state index < -0.39 is 0 Å². The molecule has 0 bridgehead atoms. The van der Waals surface area contributed by atoms with Crippen molar-refractivity contribution in [2.45, 2.75) is 33.2 Å². The number of pyridine rings is 1. The Hall–Kier alpha value is -1.45. The molecular formula is C17H25N3. The average Bonchev–Trinajstić information content (AvgIpc) is 2.47. The third-order valence-electron chi connectivity index (χ3n) is 3.93. The van der Waals surface area contributed by atoms with Crippen LogP contribution < -0.4 is 5.73 Å². The molecule has 1 aromatic heterocycles. The molecule has 108 valence electrons. The zero-order chi connectivity index (χ0) is 14.5. The molecule has 0 aliphatic heterocycles. The van der Waals surface area contributed by atoms with E-state index >= 15 is 0 Å². The first-order valence-electron chi connectivity index (χ1n) is 7.49. The molecule has 2 aromatic rings. The predicted octanol–water partition coefficient (Wildman–Crippen LogP) is 3.27. The Morgan fingerprint density at radius 1 is 1.15 bits per heavy atom. The highest BCUT2D eigenvalue weighted by Crippen LogP contribution is 2.20. The molecule has 1 unspecified atom stereocenters. The van der Waals surface area contributed by atoms with E-state index in [1.807, 2.05) is 13.0 Å². The van der Waals surface area contributed by atoms with Gasteiger partial charge in [-0.05, 0) is 56.7 Å². The normalized spacial score (nSPS) is 13.1. The summed E-state index contributed by atoms with van der Waals surface area (Å²) in [4.78, 5) is 6.94. The maximum absolute atomic E-state index is 6.33. The first kappa shape index (κ1) is 14.9. The van der Waals surface area contributed by atoms with Crippen LogP contribution >= 0.6 is 0 Å². The van der Waals surface area contributed by atoms with Gasteiger partial charge in [-0.25, -0.2) is 0 Å². The van der Waals surface area contributed by atoms with Crippen LogP contribution in [0, 0.1) is 6.92 Å². The summed E-state index contributed by atoms with van der Waals surface area (Å²) in [6, 6.07) is 10.6. The third kappa shape index (κ3) is 3.56. The molecule has 1 heterocycles. The van der Waals surface area contributed by atoms with Crippen LogP contribution in [0.15, 0.2) is 30.3 Å². The summed E-state index contributed by atoms with van der Waals surface area (Å²) in [7, 11) is 0. The Balaban J connectivity index is 2.10. The largest absolute Gasteiger partial charge is 0.324 e. The van der Waals surface area contributed by atoms with Crippen LogP contribution in [0.2, 0.25) is 0 Å². The molecule has 0 spiro atoms. The monoisotopic (exact) mass is 271 g/mol. The van der Waals surface area contributed by atoms with Gasteiger partial charge < -0.3 is 10.6 Å². The molecule has 0 radical (unpaired) electrons. The summed E-state index contributed by atoms with van der Waals surface area (Å²) in [5, 5.41) is 1.17. The van der Waals surface area contributed by atoms with Crippen molar-refractivity contribution in [3.05, 3.63) is 41.6 Å². The van der Waals surface area contributed by atoms with E-state index in [0.29, 0.717) is 0 Å². The van der Waals surface area contributed by atoms with Gasteiger partial charge in [-0.3, -0.25) is 4.98 Å². The molecular weight excluding hydrogens is 246 g/mol. The van der Waals surface area contributed by atoms with Crippen LogP contribution in [-0.2, 0) is 0 Å². The molecule has 1 atom stereocenters. The quantitative estimate of drug-likeness (QED) is 0.876. The zero-order valence-electron chi connectivity index (χ0n) is 12.8. The molecule has 1 aromatic carbocycles. The molecule has 3 heteroatoms. The number of hydrogen-bond acceptors (Lipinski definition) is 3. The molecule has 0 fully saturated rings. The number of fused-ring (bicyclic) bond motifs is 1. The average molecular weight is 271 g/mol. The minimum Gasteiger partial charge on any atom is -0.324 e. The van der Waals surface area contributed by atoms with Crippen LogP contribution in [0.25, 0.3) is 10.9 Å². The second-order valence-corrected chi connectivity index (χ2v) is 5.33. The first-order chi connectivity index (χ1) is 9.63. The molecule has 0 aliphatic rings. The van der Waals surface area contributed by atoms with E-state index in [1.54, 1.807) is 0 Å². The Kier molecular flexibility index (Phi) is 5.10. The highest BCUT2D eigenvalue weighted by Gasteiger charge is 2.09. The summed E-state index contributed by atoms with van der Waals surface area (Å²) < 4.78 is 0. The van der Waals surface area contributed by atoms with Gasteiger partial charge in [-0.1, -0.05) is 26.0 Å². The van der Waals surface area contributed by atoms with Crippen molar-refractivity contribution < 1.29 is 0 Å². The standard InChI is InChI=1S/C17H25N3/c1-4-20(5-2)11-10-16(18)14-8-9-17-15(12-14)7-6-13(3)19-17/h6-9,12,16H,4-5,10-11,18H2,1-3H3. The Morgan fingerprint density at radius 2 is 1.90 bits per heavy atom. The highest BCUT2D eigenvalue weighted by molar-refractivity contribution is 5.79. The molecule has 20 heavy (non-hydrogen) atoms. The molecule has 0 aliphatic carbocycles. The van der Waals surface area contributed by atoms with Crippen LogP contribution in [0.4, 0.5) is 0 Å². The fraction of sp³-hybridized carbons (Fsp3) is 0.471. The summed E-state index contributed by atoms with van der Waals surface area (Å²) >= 11 is 0. The lowest BCUT2D eigenvalue weighted by molar-refractivity contribution is 0.291. The van der Waals surface area contributed by atoms with Gasteiger partial charge in [-0.15, -0.1) is 0 Å². The van der Waals surface area contributed by atoms with Crippen molar-refractivity contribution in [3.8, 4) is 0 Å². The topological polar surface area (TPSA) is 42.1 Å². The fourth-order valence-electron chi connectivity index (χ4n) is 2.50. The minimum atomic E-state index is 0.0984. The first-order valence-corrected chi connectivity index (χ1v) is 7.49. The Morgan fingerprint density at radius 3 is 2.60 bits per heavy atom. The highest BCUT2D eigenvalue weighted by atomic mass is 15.1. The molecule has 0 amide bonds. The lowest BCUT2D eigenvalue weighted by atomic mass is 10.0. The van der Waals surface area contributed by atoms with Gasteiger partial charge in [0.1, 0.15) is 0 Å². The van der Waals surface area contributed by atoms with Gasteiger partial charge in [0.25, 0.3) is 0 Å². The van der Waals surface area contributed by atoms with Gasteiger partial charge in [0.15, 0.2) is 0 Å². The number of nitrogens with zero attached hydrogens (tertiary/aromatic N) is 2. The molecule has 2 rings (SSSR count). The maximum Gasteiger partial charge on any atom is 0.0705 e. The minimum absolute atomic E-state index is 0.0984. The van der Waals surface area contributed by atoms with E-state index in [4.69, 9.17) is 5.73 Å². The maximum atomic E-state index is 6.33. The number of rotatable bonds is 6. The summed E-state index contributed by atoms with van der Waals surface area (Å²) in [5.74, 6) is 0. The van der Waals surface area contributed by atoms with Crippen molar-refractivity contribution in [1.82, 2.24) is 9.88 Å². The van der Waals surface area contributed by atoms with Crippen LogP contribution in [0.5, 0.6) is 0 Å². The van der Waals surface area contributed by atoms with Crippen molar-refractivity contribution >= 4 is 10.9 Å². The summed E-state index contributed by atoms with van der Waals surface area (Å²) in [6.45, 7) is 9.63. The van der Waals surface area contributed by atoms with Gasteiger partial charge >= 0.3 is 0 Å². The van der Waals surface area contributed by atoms with Crippen LogP contribution in [0.3, 0.4) is 0 Å². The fourth-order valence-corrected chi connectivity index (χ4v) is 2.50. The van der Waals surface area contributed by atoms with E-state index in [2.05, 4.69) is 48.0 Å². The zero-order valence-corrected chi connectivity index (χ0v) is 12.8. The molecule has 2 N–H and O–H groups in total. The third-order valence-corrected chi connectivity index (χ3v) is 3.93. The molecule has 3 nitrogen and oxygen atoms in total.